The Balaban J connectivity index is 0. The Hall–Kier alpha value is -2.20. The maximum absolute atomic E-state index is 10.5. The van der Waals surface area contributed by atoms with Crippen LogP contribution in [0.1, 0.15) is 40.5 Å². The van der Waals surface area contributed by atoms with Crippen LogP contribution in [-0.2, 0) is 19.2 Å². The second kappa shape index (κ2) is 9.18. The Kier molecular flexibility index (Phi) is 9.20. The minimum absolute atomic E-state index is 0.633. The molecule has 10 nitrogen and oxygen atoms in total. The van der Waals surface area contributed by atoms with Gasteiger partial charge in [0.1, 0.15) is 0 Å². The predicted molar refractivity (Wildman–Crippen MR) is 79.4 cm³/mol. The summed E-state index contributed by atoms with van der Waals surface area (Å²) in [6.07, 6.45) is -1.56. The summed E-state index contributed by atoms with van der Waals surface area (Å²) in [6, 6.07) is 0. The molecule has 6 N–H and O–H groups in total. The highest BCUT2D eigenvalue weighted by atomic mass is 16.4. The van der Waals surface area contributed by atoms with Gasteiger partial charge in [0.05, 0.1) is 12.8 Å². The summed E-state index contributed by atoms with van der Waals surface area (Å²) >= 11 is 0. The third-order valence-corrected chi connectivity index (χ3v) is 3.49. The zero-order valence-corrected chi connectivity index (χ0v) is 13.9. The molecule has 24 heavy (non-hydrogen) atoms. The van der Waals surface area contributed by atoms with Crippen LogP contribution in [0, 0.1) is 11.8 Å². The van der Waals surface area contributed by atoms with Gasteiger partial charge in [-0.3, -0.25) is 9.59 Å². The third kappa shape index (κ3) is 6.92. The molecule has 0 spiro atoms. The average molecular weight is 352 g/mol. The summed E-state index contributed by atoms with van der Waals surface area (Å²) in [5, 5.41) is 52.4. The van der Waals surface area contributed by atoms with Gasteiger partial charge in [-0.15, -0.1) is 0 Å². The lowest BCUT2D eigenvalue weighted by atomic mass is 9.87. The first-order chi connectivity index (χ1) is 10.6. The molecule has 0 radical (unpaired) electrons. The molecule has 0 saturated carbocycles. The number of carboxylic acids is 4. The van der Waals surface area contributed by atoms with E-state index in [4.69, 9.17) is 20.4 Å². The molecule has 0 saturated heterocycles. The Morgan fingerprint density at radius 1 is 0.667 bits per heavy atom. The molecule has 10 heteroatoms. The molecular weight excluding hydrogens is 328 g/mol. The standard InChI is InChI=1S/2C7H12O5/c2*1-4(2)7(12,6(10)11)3-5(8)9/h2*4,12H,3H2,1-2H3,(H,8,9)(H,10,11). The van der Waals surface area contributed by atoms with Crippen LogP contribution < -0.4 is 0 Å². The van der Waals surface area contributed by atoms with E-state index in [0.717, 1.165) is 0 Å². The Labute approximate surface area is 138 Å². The van der Waals surface area contributed by atoms with Crippen molar-refractivity contribution < 1.29 is 49.8 Å². The lowest BCUT2D eigenvalue weighted by molar-refractivity contribution is -0.170. The van der Waals surface area contributed by atoms with E-state index in [9.17, 15) is 29.4 Å². The van der Waals surface area contributed by atoms with E-state index in [1.165, 1.54) is 27.7 Å². The lowest BCUT2D eigenvalue weighted by Crippen LogP contribution is -2.45. The fourth-order valence-electron chi connectivity index (χ4n) is 1.51. The molecule has 0 aromatic heterocycles. The number of aliphatic hydroxyl groups is 2. The van der Waals surface area contributed by atoms with Crippen molar-refractivity contribution in [1.82, 2.24) is 0 Å². The Morgan fingerprint density at radius 3 is 0.917 bits per heavy atom. The number of hydrogen-bond acceptors (Lipinski definition) is 6. The van der Waals surface area contributed by atoms with Gasteiger partial charge in [-0.2, -0.15) is 0 Å². The van der Waals surface area contributed by atoms with E-state index in [0.29, 0.717) is 0 Å². The van der Waals surface area contributed by atoms with E-state index in [2.05, 4.69) is 0 Å². The molecule has 140 valence electrons. The van der Waals surface area contributed by atoms with Crippen LogP contribution in [0.3, 0.4) is 0 Å². The first-order valence-electron chi connectivity index (χ1n) is 6.96. The summed E-state index contributed by atoms with van der Waals surface area (Å²) in [6.45, 7) is 5.82. The molecule has 0 fully saturated rings. The fraction of sp³-hybridized carbons (Fsp3) is 0.714. The number of hydrogen-bond donors (Lipinski definition) is 6. The molecule has 0 heterocycles. The van der Waals surface area contributed by atoms with Gasteiger partial charge >= 0.3 is 23.9 Å². The maximum Gasteiger partial charge on any atom is 0.336 e. The predicted octanol–water partition coefficient (Wildman–Crippen LogP) is -0.134. The SMILES string of the molecule is CC(C)C(O)(CC(=O)O)C(=O)O.CC(C)C(O)(CC(=O)O)C(=O)O. The summed E-state index contributed by atoms with van der Waals surface area (Å²) in [7, 11) is 0. The average Bonchev–Trinajstić information content (AvgIpc) is 2.36. The Morgan fingerprint density at radius 2 is 0.875 bits per heavy atom. The van der Waals surface area contributed by atoms with E-state index < -0.39 is 59.8 Å². The molecule has 2 atom stereocenters. The van der Waals surface area contributed by atoms with Crippen molar-refractivity contribution >= 4 is 23.9 Å². The van der Waals surface area contributed by atoms with Gasteiger partial charge in [-0.1, -0.05) is 27.7 Å². The van der Waals surface area contributed by atoms with Crippen LogP contribution in [0.15, 0.2) is 0 Å². The lowest BCUT2D eigenvalue weighted by Gasteiger charge is -2.25. The molecule has 0 amide bonds. The van der Waals surface area contributed by atoms with Crippen LogP contribution in [0.5, 0.6) is 0 Å². The van der Waals surface area contributed by atoms with Gasteiger partial charge < -0.3 is 30.6 Å². The molecule has 0 aliphatic rings. The molecule has 0 aliphatic carbocycles. The molecule has 0 aliphatic heterocycles. The van der Waals surface area contributed by atoms with Crippen LogP contribution >= 0.6 is 0 Å². The quantitative estimate of drug-likeness (QED) is 0.343. The normalized spacial score (nSPS) is 15.7. The van der Waals surface area contributed by atoms with Crippen LogP contribution in [-0.4, -0.2) is 65.7 Å². The van der Waals surface area contributed by atoms with Crippen molar-refractivity contribution in [2.24, 2.45) is 11.8 Å². The van der Waals surface area contributed by atoms with Gasteiger partial charge in [0, 0.05) is 0 Å². The highest BCUT2D eigenvalue weighted by molar-refractivity contribution is 5.84. The minimum atomic E-state index is -2.16. The van der Waals surface area contributed by atoms with Crippen molar-refractivity contribution in [2.75, 3.05) is 0 Å². The minimum Gasteiger partial charge on any atom is -0.481 e. The zero-order chi connectivity index (χ0) is 19.9. The van der Waals surface area contributed by atoms with E-state index in [1.807, 2.05) is 0 Å². The largest absolute Gasteiger partial charge is 0.481 e. The van der Waals surface area contributed by atoms with Gasteiger partial charge in [0.25, 0.3) is 0 Å². The number of carboxylic acid groups (broad SMARTS) is 4. The molecule has 0 rings (SSSR count). The van der Waals surface area contributed by atoms with E-state index in [-0.39, 0.29) is 0 Å². The summed E-state index contributed by atoms with van der Waals surface area (Å²) < 4.78 is 0. The van der Waals surface area contributed by atoms with E-state index >= 15 is 0 Å². The number of rotatable bonds is 8. The van der Waals surface area contributed by atoms with Gasteiger partial charge in [0.2, 0.25) is 0 Å². The molecular formula is C14H24O10. The van der Waals surface area contributed by atoms with Crippen LogP contribution in [0.4, 0.5) is 0 Å². The smallest absolute Gasteiger partial charge is 0.336 e. The molecule has 0 aromatic carbocycles. The second-order valence-corrected chi connectivity index (χ2v) is 5.91. The highest BCUT2D eigenvalue weighted by Crippen LogP contribution is 2.22. The monoisotopic (exact) mass is 352 g/mol. The Bertz CT molecular complexity index is 440. The van der Waals surface area contributed by atoms with Gasteiger partial charge in [0.15, 0.2) is 11.2 Å². The number of carbonyl (C=O) groups is 4. The van der Waals surface area contributed by atoms with Crippen LogP contribution in [0.25, 0.3) is 0 Å². The zero-order valence-electron chi connectivity index (χ0n) is 13.9. The van der Waals surface area contributed by atoms with Crippen molar-refractivity contribution in [3.05, 3.63) is 0 Å². The van der Waals surface area contributed by atoms with Crippen LogP contribution in [0.2, 0.25) is 0 Å². The van der Waals surface area contributed by atoms with Crippen molar-refractivity contribution in [3.8, 4) is 0 Å². The number of aliphatic carboxylic acids is 4. The van der Waals surface area contributed by atoms with Crippen molar-refractivity contribution in [2.45, 2.75) is 51.7 Å². The fourth-order valence-corrected chi connectivity index (χ4v) is 1.51. The van der Waals surface area contributed by atoms with Gasteiger partial charge in [-0.25, -0.2) is 9.59 Å². The molecule has 0 aromatic rings. The third-order valence-electron chi connectivity index (χ3n) is 3.49. The summed E-state index contributed by atoms with van der Waals surface area (Å²) in [4.78, 5) is 41.4. The molecule has 2 unspecified atom stereocenters. The summed E-state index contributed by atoms with van der Waals surface area (Å²) in [5.74, 6) is -6.92. The second-order valence-electron chi connectivity index (χ2n) is 5.91. The van der Waals surface area contributed by atoms with E-state index in [1.54, 1.807) is 0 Å². The maximum atomic E-state index is 10.5. The molecule has 0 bridgehead atoms. The van der Waals surface area contributed by atoms with Crippen molar-refractivity contribution in [3.63, 3.8) is 0 Å². The van der Waals surface area contributed by atoms with Crippen molar-refractivity contribution in [1.29, 1.82) is 0 Å². The topological polar surface area (TPSA) is 190 Å². The highest BCUT2D eigenvalue weighted by Gasteiger charge is 2.42. The first kappa shape index (κ1) is 24.1. The summed E-state index contributed by atoms with van der Waals surface area (Å²) in [5.41, 5.74) is -4.32. The first-order valence-corrected chi connectivity index (χ1v) is 6.96. The van der Waals surface area contributed by atoms with Gasteiger partial charge in [-0.05, 0) is 11.8 Å².